The molecule has 0 spiro atoms. The van der Waals surface area contributed by atoms with Gasteiger partial charge >= 0.3 is 0 Å². The number of nitriles is 1. The summed E-state index contributed by atoms with van der Waals surface area (Å²) in [7, 11) is 0. The van der Waals surface area contributed by atoms with Crippen LogP contribution in [0.1, 0.15) is 29.5 Å². The van der Waals surface area contributed by atoms with Crippen LogP contribution in [-0.2, 0) is 0 Å². The first-order chi connectivity index (χ1) is 12.3. The van der Waals surface area contributed by atoms with Crippen molar-refractivity contribution in [1.29, 1.82) is 5.26 Å². The van der Waals surface area contributed by atoms with E-state index in [1.807, 2.05) is 42.5 Å². The Balaban J connectivity index is 1.79. The van der Waals surface area contributed by atoms with E-state index in [4.69, 9.17) is 10.2 Å². The van der Waals surface area contributed by atoms with Crippen LogP contribution in [0.3, 0.4) is 0 Å². The van der Waals surface area contributed by atoms with Crippen LogP contribution in [0.4, 0.5) is 0 Å². The highest BCUT2D eigenvalue weighted by Crippen LogP contribution is 2.36. The summed E-state index contributed by atoms with van der Waals surface area (Å²) in [5, 5.41) is 10.0. The molecule has 1 atom stereocenters. The lowest BCUT2D eigenvalue weighted by atomic mass is 9.92. The zero-order valence-electron chi connectivity index (χ0n) is 13.8. The summed E-state index contributed by atoms with van der Waals surface area (Å²) in [5.74, 6) is 0.224. The lowest BCUT2D eigenvalue weighted by Crippen LogP contribution is -1.97. The molecule has 0 saturated heterocycles. The van der Waals surface area contributed by atoms with E-state index in [-0.39, 0.29) is 5.92 Å². The fourth-order valence-electron chi connectivity index (χ4n) is 3.05. The van der Waals surface area contributed by atoms with Gasteiger partial charge in [-0.1, -0.05) is 61.5 Å². The second-order valence-electron chi connectivity index (χ2n) is 6.03. The Bertz CT molecular complexity index is 1060. The number of rotatable bonds is 3. The van der Waals surface area contributed by atoms with Crippen molar-refractivity contribution in [3.05, 3.63) is 89.5 Å². The number of aromatic nitrogens is 1. The third-order valence-electron chi connectivity index (χ3n) is 4.48. The van der Waals surface area contributed by atoms with E-state index in [2.05, 4.69) is 43.3 Å². The zero-order valence-corrected chi connectivity index (χ0v) is 14.6. The van der Waals surface area contributed by atoms with Gasteiger partial charge in [0.2, 0.25) is 0 Å². The van der Waals surface area contributed by atoms with Gasteiger partial charge in [-0.05, 0) is 29.3 Å². The zero-order chi connectivity index (χ0) is 17.2. The van der Waals surface area contributed by atoms with Gasteiger partial charge in [-0.2, -0.15) is 5.26 Å². The molecule has 2 nitrogen and oxygen atoms in total. The maximum absolute atomic E-state index is 8.98. The lowest BCUT2D eigenvalue weighted by Gasteiger charge is -2.13. The van der Waals surface area contributed by atoms with Crippen LogP contribution in [0.5, 0.6) is 0 Å². The summed E-state index contributed by atoms with van der Waals surface area (Å²) >= 11 is 1.73. The van der Waals surface area contributed by atoms with Crippen LogP contribution >= 0.6 is 11.3 Å². The normalized spacial score (nSPS) is 12.0. The van der Waals surface area contributed by atoms with Gasteiger partial charge in [0.1, 0.15) is 5.01 Å². The molecule has 1 aromatic heterocycles. The number of thiazole rings is 1. The summed E-state index contributed by atoms with van der Waals surface area (Å²) in [5.41, 5.74) is 5.33. The van der Waals surface area contributed by atoms with Gasteiger partial charge in [-0.25, -0.2) is 4.98 Å². The number of nitrogens with zero attached hydrogens (tertiary/aromatic N) is 2. The summed E-state index contributed by atoms with van der Waals surface area (Å²) in [6, 6.07) is 26.7. The minimum Gasteiger partial charge on any atom is -0.236 e. The highest BCUT2D eigenvalue weighted by Gasteiger charge is 2.15. The molecule has 0 fully saturated rings. The molecule has 25 heavy (non-hydrogen) atoms. The Kier molecular flexibility index (Phi) is 4.05. The highest BCUT2D eigenvalue weighted by molar-refractivity contribution is 7.21. The van der Waals surface area contributed by atoms with E-state index in [1.165, 1.54) is 15.8 Å². The lowest BCUT2D eigenvalue weighted by molar-refractivity contribution is 0.929. The largest absolute Gasteiger partial charge is 0.236 e. The molecule has 0 aliphatic carbocycles. The average Bonchev–Trinajstić information content (AvgIpc) is 3.12. The minimum absolute atomic E-state index is 0.224. The predicted molar refractivity (Wildman–Crippen MR) is 104 cm³/mol. The number of para-hydroxylation sites is 1. The summed E-state index contributed by atoms with van der Waals surface area (Å²) in [4.78, 5) is 4.93. The Hall–Kier alpha value is -2.96. The summed E-state index contributed by atoms with van der Waals surface area (Å²) in [6.45, 7) is 2.19. The number of hydrogen-bond acceptors (Lipinski definition) is 3. The molecule has 1 unspecified atom stereocenters. The first-order valence-corrected chi connectivity index (χ1v) is 9.03. The Morgan fingerprint density at radius 2 is 1.68 bits per heavy atom. The van der Waals surface area contributed by atoms with E-state index in [1.54, 1.807) is 11.3 Å². The fraction of sp³-hybridized carbons (Fsp3) is 0.0909. The summed E-state index contributed by atoms with van der Waals surface area (Å²) < 4.78 is 1.21. The molecule has 0 radical (unpaired) electrons. The molecule has 3 aromatic carbocycles. The van der Waals surface area contributed by atoms with Crippen LogP contribution in [0.2, 0.25) is 0 Å². The van der Waals surface area contributed by atoms with Crippen LogP contribution < -0.4 is 0 Å². The standard InChI is InChI=1S/C22H16N2S/c1-15(17-12-10-16(14-23)11-13-17)19-8-5-9-20-21(19)24-22(25-20)18-6-3-2-4-7-18/h2-13,15H,1H3. The molecule has 1 heterocycles. The Morgan fingerprint density at radius 1 is 0.920 bits per heavy atom. The number of benzene rings is 3. The molecule has 0 aliphatic rings. The van der Waals surface area contributed by atoms with E-state index in [0.29, 0.717) is 5.56 Å². The van der Waals surface area contributed by atoms with Crippen LogP contribution in [-0.4, -0.2) is 4.98 Å². The second-order valence-corrected chi connectivity index (χ2v) is 7.07. The van der Waals surface area contributed by atoms with E-state index < -0.39 is 0 Å². The van der Waals surface area contributed by atoms with Crippen molar-refractivity contribution in [3.63, 3.8) is 0 Å². The van der Waals surface area contributed by atoms with Gasteiger partial charge in [0, 0.05) is 11.5 Å². The number of hydrogen-bond donors (Lipinski definition) is 0. The Labute approximate surface area is 151 Å². The Morgan fingerprint density at radius 3 is 2.40 bits per heavy atom. The van der Waals surface area contributed by atoms with E-state index in [0.717, 1.165) is 16.1 Å². The SMILES string of the molecule is CC(c1ccc(C#N)cc1)c1cccc2sc(-c3ccccc3)nc12. The molecule has 120 valence electrons. The molecule has 0 bridgehead atoms. The molecule has 4 rings (SSSR count). The van der Waals surface area contributed by atoms with Crippen molar-refractivity contribution in [2.45, 2.75) is 12.8 Å². The molecular weight excluding hydrogens is 324 g/mol. The molecule has 4 aromatic rings. The van der Waals surface area contributed by atoms with Crippen molar-refractivity contribution < 1.29 is 0 Å². The summed E-state index contributed by atoms with van der Waals surface area (Å²) in [6.07, 6.45) is 0. The predicted octanol–water partition coefficient (Wildman–Crippen LogP) is 5.99. The van der Waals surface area contributed by atoms with Crippen molar-refractivity contribution in [3.8, 4) is 16.6 Å². The third-order valence-corrected chi connectivity index (χ3v) is 5.55. The van der Waals surface area contributed by atoms with Crippen LogP contribution in [0.15, 0.2) is 72.8 Å². The monoisotopic (exact) mass is 340 g/mol. The maximum atomic E-state index is 8.98. The first-order valence-electron chi connectivity index (χ1n) is 8.21. The molecule has 0 N–H and O–H groups in total. The third kappa shape index (κ3) is 2.93. The minimum atomic E-state index is 0.224. The fourth-order valence-corrected chi connectivity index (χ4v) is 4.06. The van der Waals surface area contributed by atoms with Gasteiger partial charge in [-0.3, -0.25) is 0 Å². The van der Waals surface area contributed by atoms with Crippen molar-refractivity contribution >= 4 is 21.6 Å². The van der Waals surface area contributed by atoms with Crippen LogP contribution in [0.25, 0.3) is 20.8 Å². The molecule has 0 amide bonds. The molecule has 0 saturated carbocycles. The average molecular weight is 340 g/mol. The topological polar surface area (TPSA) is 36.7 Å². The van der Waals surface area contributed by atoms with E-state index in [9.17, 15) is 0 Å². The number of fused-ring (bicyclic) bond motifs is 1. The first kappa shape index (κ1) is 15.6. The quantitative estimate of drug-likeness (QED) is 0.459. The van der Waals surface area contributed by atoms with Gasteiger partial charge in [0.25, 0.3) is 0 Å². The van der Waals surface area contributed by atoms with Crippen molar-refractivity contribution in [1.82, 2.24) is 4.98 Å². The molecular formula is C22H16N2S. The van der Waals surface area contributed by atoms with Crippen LogP contribution in [0, 0.1) is 11.3 Å². The van der Waals surface area contributed by atoms with E-state index >= 15 is 0 Å². The second kappa shape index (κ2) is 6.51. The van der Waals surface area contributed by atoms with Crippen molar-refractivity contribution in [2.75, 3.05) is 0 Å². The van der Waals surface area contributed by atoms with Gasteiger partial charge < -0.3 is 0 Å². The van der Waals surface area contributed by atoms with Crippen molar-refractivity contribution in [2.24, 2.45) is 0 Å². The smallest absolute Gasteiger partial charge is 0.124 e. The van der Waals surface area contributed by atoms with Gasteiger partial charge in [0.05, 0.1) is 21.8 Å². The highest BCUT2D eigenvalue weighted by atomic mass is 32.1. The molecule has 3 heteroatoms. The van der Waals surface area contributed by atoms with Gasteiger partial charge in [0.15, 0.2) is 0 Å². The van der Waals surface area contributed by atoms with Gasteiger partial charge in [-0.15, -0.1) is 11.3 Å². The molecule has 0 aliphatic heterocycles. The maximum Gasteiger partial charge on any atom is 0.124 e.